The minimum atomic E-state index is -0.334. The number of aryl methyl sites for hydroxylation is 1. The Labute approximate surface area is 114 Å². The van der Waals surface area contributed by atoms with E-state index in [1.54, 1.807) is 0 Å². The van der Waals surface area contributed by atoms with Gasteiger partial charge in [-0.3, -0.25) is 0 Å². The number of nitrogens with two attached hydrogens (primary N) is 1. The molecule has 3 N–H and O–H groups in total. The molecule has 0 aromatic carbocycles. The summed E-state index contributed by atoms with van der Waals surface area (Å²) in [5.74, 6) is 7.66. The fourth-order valence-electron chi connectivity index (χ4n) is 2.78. The molecule has 0 amide bonds. The van der Waals surface area contributed by atoms with Crippen LogP contribution in [0, 0.1) is 12.8 Å². The van der Waals surface area contributed by atoms with Crippen molar-refractivity contribution in [2.45, 2.75) is 52.1 Å². The van der Waals surface area contributed by atoms with Gasteiger partial charge in [0.25, 0.3) is 0 Å². The van der Waals surface area contributed by atoms with Gasteiger partial charge in [0.05, 0.1) is 0 Å². The summed E-state index contributed by atoms with van der Waals surface area (Å²) in [6, 6.07) is 1.84. The molecule has 0 unspecified atom stereocenters. The molecule has 1 fully saturated rings. The maximum absolute atomic E-state index is 6.07. The molecule has 0 radical (unpaired) electrons. The van der Waals surface area contributed by atoms with Crippen molar-refractivity contribution in [3.8, 4) is 0 Å². The number of nitrogens with one attached hydrogen (secondary N) is 1. The summed E-state index contributed by atoms with van der Waals surface area (Å²) in [4.78, 5) is 9.11. The normalized spacial score (nSPS) is 27.3. The van der Waals surface area contributed by atoms with E-state index in [1.165, 1.54) is 0 Å². The highest BCUT2D eigenvalue weighted by atomic mass is 16.5. The lowest BCUT2D eigenvalue weighted by Crippen LogP contribution is -2.36. The van der Waals surface area contributed by atoms with Gasteiger partial charge >= 0.3 is 0 Å². The van der Waals surface area contributed by atoms with Crippen molar-refractivity contribution in [3.05, 3.63) is 17.6 Å². The Morgan fingerprint density at radius 2 is 2.11 bits per heavy atom. The summed E-state index contributed by atoms with van der Waals surface area (Å²) in [5.41, 5.74) is 3.19. The van der Waals surface area contributed by atoms with Crippen molar-refractivity contribution in [1.29, 1.82) is 0 Å². The minimum absolute atomic E-state index is 0.334. The fourth-order valence-corrected chi connectivity index (χ4v) is 2.78. The highest BCUT2D eigenvalue weighted by Gasteiger charge is 2.39. The van der Waals surface area contributed by atoms with Crippen molar-refractivity contribution < 1.29 is 4.74 Å². The van der Waals surface area contributed by atoms with E-state index in [1.807, 2.05) is 19.9 Å². The first kappa shape index (κ1) is 14.2. The fraction of sp³-hybridized carbons (Fsp3) is 0.714. The zero-order chi connectivity index (χ0) is 13.9. The Bertz CT molecular complexity index is 427. The maximum atomic E-state index is 6.07. The Morgan fingerprint density at radius 1 is 1.42 bits per heavy atom. The Morgan fingerprint density at radius 3 is 2.68 bits per heavy atom. The summed E-state index contributed by atoms with van der Waals surface area (Å²) in [6.45, 7) is 6.95. The molecule has 1 heterocycles. The van der Waals surface area contributed by atoms with Crippen LogP contribution < -0.4 is 11.3 Å². The Kier molecular flexibility index (Phi) is 4.37. The zero-order valence-corrected chi connectivity index (χ0v) is 12.1. The van der Waals surface area contributed by atoms with Crippen molar-refractivity contribution in [2.24, 2.45) is 11.8 Å². The third-order valence-electron chi connectivity index (χ3n) is 3.91. The molecule has 1 aromatic heterocycles. The molecule has 5 heteroatoms. The topological polar surface area (TPSA) is 73.1 Å². The van der Waals surface area contributed by atoms with E-state index in [2.05, 4.69) is 22.3 Å². The number of hydrazine groups is 1. The van der Waals surface area contributed by atoms with Gasteiger partial charge in [-0.05, 0) is 45.4 Å². The zero-order valence-electron chi connectivity index (χ0n) is 12.1. The average Bonchev–Trinajstić information content (AvgIpc) is 2.41. The minimum Gasteiger partial charge on any atom is -0.367 e. The summed E-state index contributed by atoms with van der Waals surface area (Å²) in [7, 11) is 0. The molecular formula is C14H24N4O. The first-order chi connectivity index (χ1) is 9.09. The van der Waals surface area contributed by atoms with E-state index in [9.17, 15) is 0 Å². The smallest absolute Gasteiger partial charge is 0.162 e. The SMILES string of the molecule is CCOC1(c2nc(C)cc(NN)n2)CCC(C)CC1. The molecule has 0 spiro atoms. The third-order valence-corrected chi connectivity index (χ3v) is 3.91. The van der Waals surface area contributed by atoms with Crippen molar-refractivity contribution in [2.75, 3.05) is 12.0 Å². The summed E-state index contributed by atoms with van der Waals surface area (Å²) >= 11 is 0. The Hall–Kier alpha value is -1.20. The standard InChI is InChI=1S/C14H24N4O/c1-4-19-14(7-5-10(2)6-8-14)13-16-11(3)9-12(17-13)18-15/h9-10H,4-8,15H2,1-3H3,(H,16,17,18). The van der Waals surface area contributed by atoms with Gasteiger partial charge in [-0.1, -0.05) is 6.92 Å². The molecule has 5 nitrogen and oxygen atoms in total. The van der Waals surface area contributed by atoms with E-state index in [0.717, 1.165) is 43.1 Å². The molecule has 0 atom stereocenters. The van der Waals surface area contributed by atoms with Gasteiger partial charge < -0.3 is 10.2 Å². The highest BCUT2D eigenvalue weighted by Crippen LogP contribution is 2.41. The monoisotopic (exact) mass is 264 g/mol. The maximum Gasteiger partial charge on any atom is 0.162 e. The summed E-state index contributed by atoms with van der Waals surface area (Å²) in [5, 5.41) is 0. The molecule has 1 aliphatic rings. The van der Waals surface area contributed by atoms with Crippen LogP contribution in [-0.4, -0.2) is 16.6 Å². The third kappa shape index (κ3) is 3.04. The number of nitrogen functional groups attached to an aromatic ring is 1. The number of hydrogen-bond donors (Lipinski definition) is 2. The summed E-state index contributed by atoms with van der Waals surface area (Å²) < 4.78 is 6.07. The molecule has 1 saturated carbocycles. The molecule has 106 valence electrons. The van der Waals surface area contributed by atoms with Gasteiger partial charge in [-0.25, -0.2) is 15.8 Å². The van der Waals surface area contributed by atoms with Gasteiger partial charge in [-0.2, -0.15) is 0 Å². The van der Waals surface area contributed by atoms with Crippen LogP contribution in [0.2, 0.25) is 0 Å². The Balaban J connectivity index is 2.35. The molecule has 1 aromatic rings. The van der Waals surface area contributed by atoms with Crippen molar-refractivity contribution >= 4 is 5.82 Å². The van der Waals surface area contributed by atoms with Crippen LogP contribution in [-0.2, 0) is 10.3 Å². The van der Waals surface area contributed by atoms with E-state index in [-0.39, 0.29) is 5.60 Å². The van der Waals surface area contributed by atoms with Gasteiger partial charge in [0.2, 0.25) is 0 Å². The van der Waals surface area contributed by atoms with Crippen LogP contribution in [0.25, 0.3) is 0 Å². The number of ether oxygens (including phenoxy) is 1. The van der Waals surface area contributed by atoms with Gasteiger partial charge in [0.15, 0.2) is 5.82 Å². The van der Waals surface area contributed by atoms with Crippen LogP contribution >= 0.6 is 0 Å². The summed E-state index contributed by atoms with van der Waals surface area (Å²) in [6.07, 6.45) is 4.27. The van der Waals surface area contributed by atoms with E-state index < -0.39 is 0 Å². The number of anilines is 1. The first-order valence-corrected chi connectivity index (χ1v) is 7.06. The lowest BCUT2D eigenvalue weighted by atomic mass is 9.78. The van der Waals surface area contributed by atoms with Crippen molar-refractivity contribution in [3.63, 3.8) is 0 Å². The van der Waals surface area contributed by atoms with Gasteiger partial charge in [-0.15, -0.1) is 0 Å². The number of aromatic nitrogens is 2. The van der Waals surface area contributed by atoms with Crippen LogP contribution in [0.4, 0.5) is 5.82 Å². The molecule has 0 aliphatic heterocycles. The predicted octanol–water partition coefficient (Wildman–Crippen LogP) is 2.51. The van der Waals surface area contributed by atoms with Crippen LogP contribution in [0.5, 0.6) is 0 Å². The number of hydrogen-bond acceptors (Lipinski definition) is 5. The van der Waals surface area contributed by atoms with E-state index in [4.69, 9.17) is 10.6 Å². The second kappa shape index (κ2) is 5.84. The van der Waals surface area contributed by atoms with Crippen LogP contribution in [0.3, 0.4) is 0 Å². The first-order valence-electron chi connectivity index (χ1n) is 7.06. The molecule has 1 aliphatic carbocycles. The largest absolute Gasteiger partial charge is 0.367 e. The quantitative estimate of drug-likeness (QED) is 0.645. The predicted molar refractivity (Wildman–Crippen MR) is 75.5 cm³/mol. The molecule has 2 rings (SSSR count). The number of nitrogens with zero attached hydrogens (tertiary/aromatic N) is 2. The van der Waals surface area contributed by atoms with Crippen LogP contribution in [0.15, 0.2) is 6.07 Å². The van der Waals surface area contributed by atoms with Gasteiger partial charge in [0.1, 0.15) is 11.4 Å². The van der Waals surface area contributed by atoms with E-state index >= 15 is 0 Å². The average molecular weight is 264 g/mol. The second-order valence-electron chi connectivity index (χ2n) is 5.47. The van der Waals surface area contributed by atoms with Gasteiger partial charge in [0, 0.05) is 18.4 Å². The molecule has 19 heavy (non-hydrogen) atoms. The molecule has 0 bridgehead atoms. The highest BCUT2D eigenvalue weighted by molar-refractivity contribution is 5.35. The number of rotatable bonds is 4. The lowest BCUT2D eigenvalue weighted by Gasteiger charge is -2.38. The van der Waals surface area contributed by atoms with Crippen molar-refractivity contribution in [1.82, 2.24) is 9.97 Å². The molecule has 0 saturated heterocycles. The lowest BCUT2D eigenvalue weighted by molar-refractivity contribution is -0.0837. The molecular weight excluding hydrogens is 240 g/mol. The van der Waals surface area contributed by atoms with E-state index in [0.29, 0.717) is 12.4 Å². The van der Waals surface area contributed by atoms with Crippen LogP contribution in [0.1, 0.15) is 51.0 Å². The second-order valence-corrected chi connectivity index (χ2v) is 5.47.